The molecule has 77 valence electrons. The van der Waals surface area contributed by atoms with Crippen molar-refractivity contribution < 1.29 is 15.4 Å². The van der Waals surface area contributed by atoms with Gasteiger partial charge in [0.25, 0.3) is 0 Å². The fourth-order valence-corrected chi connectivity index (χ4v) is 1.80. The molecular formula is C8H13BFN2O2. The summed E-state index contributed by atoms with van der Waals surface area (Å²) in [4.78, 5) is 22.7. The summed E-state index contributed by atoms with van der Waals surface area (Å²) in [7, 11) is 1.45. The second kappa shape index (κ2) is 4.44. The van der Waals surface area contributed by atoms with Crippen molar-refractivity contribution in [1.82, 2.24) is 5.23 Å². The van der Waals surface area contributed by atoms with Gasteiger partial charge in [0, 0.05) is 0 Å². The number of halogens is 1. The maximum Gasteiger partial charge on any atom is 0.242 e. The third-order valence-electron chi connectivity index (χ3n) is 2.47. The number of hydrogen-bond acceptors (Lipinski definition) is 2. The molecule has 3 atom stereocenters. The average Bonchev–Trinajstić information content (AvgIpc) is 2.59. The summed E-state index contributed by atoms with van der Waals surface area (Å²) in [6.07, 6.45) is -1.07. The Morgan fingerprint density at radius 1 is 1.57 bits per heavy atom. The van der Waals surface area contributed by atoms with E-state index in [-0.39, 0.29) is 18.7 Å². The minimum Gasteiger partial charge on any atom is -0.403 e. The highest BCUT2D eigenvalue weighted by Crippen LogP contribution is 2.33. The number of amides is 2. The Labute approximate surface area is 84.1 Å². The molecule has 1 radical (unpaired) electrons. The zero-order chi connectivity index (χ0) is 11.4. The highest BCUT2D eigenvalue weighted by Gasteiger charge is 2.41. The minimum atomic E-state index is -1.14. The number of hydrogen-bond donors (Lipinski definition) is 2. The van der Waals surface area contributed by atoms with Gasteiger partial charge in [0.05, 0.1) is 11.8 Å². The van der Waals surface area contributed by atoms with E-state index >= 15 is 0 Å². The van der Waals surface area contributed by atoms with Crippen LogP contribution in [-0.4, -0.2) is 25.4 Å². The molecule has 6 heteroatoms. The quantitative estimate of drug-likeness (QED) is 0.609. The van der Waals surface area contributed by atoms with Gasteiger partial charge in [-0.15, -0.1) is 0 Å². The number of alkyl halides is 1. The fourth-order valence-electron chi connectivity index (χ4n) is 1.80. The molecule has 0 spiro atoms. The topological polar surface area (TPSA) is 72.2 Å². The van der Waals surface area contributed by atoms with Gasteiger partial charge in [0.2, 0.25) is 19.2 Å². The zero-order valence-corrected chi connectivity index (χ0v) is 7.92. The van der Waals surface area contributed by atoms with Crippen LogP contribution in [0.3, 0.4) is 0 Å². The first-order valence-electron chi connectivity index (χ1n) is 5.04. The summed E-state index contributed by atoms with van der Waals surface area (Å²) < 4.78 is 19.8. The molecule has 0 aromatic rings. The molecule has 1 saturated carbocycles. The minimum absolute atomic E-state index is 0.0204. The number of carbonyl (C=O) groups is 2. The summed E-state index contributed by atoms with van der Waals surface area (Å²) in [5.74, 6) is -2.34. The van der Waals surface area contributed by atoms with Gasteiger partial charge < -0.3 is 11.0 Å². The molecule has 0 saturated heterocycles. The van der Waals surface area contributed by atoms with Gasteiger partial charge in [-0.1, -0.05) is 6.82 Å². The van der Waals surface area contributed by atoms with Crippen LogP contribution in [0.2, 0.25) is 8.23 Å². The SMILES string of the molecule is [2H]NC(=O)[C@H]1C[C@H](F)C[C@@H]1C(=O)N[B]C. The lowest BCUT2D eigenvalue weighted by Gasteiger charge is -2.14. The second-order valence-corrected chi connectivity index (χ2v) is 3.44. The van der Waals surface area contributed by atoms with E-state index in [0.717, 1.165) is 0 Å². The first-order valence-corrected chi connectivity index (χ1v) is 4.54. The van der Waals surface area contributed by atoms with Crippen LogP contribution in [0.15, 0.2) is 0 Å². The lowest BCUT2D eigenvalue weighted by atomic mass is 9.91. The molecule has 0 aromatic carbocycles. The van der Waals surface area contributed by atoms with Crippen LogP contribution >= 0.6 is 0 Å². The van der Waals surface area contributed by atoms with Crippen LogP contribution in [0.25, 0.3) is 0 Å². The molecule has 0 heterocycles. The van der Waals surface area contributed by atoms with Gasteiger partial charge in [0.1, 0.15) is 6.17 Å². The Balaban J connectivity index is 2.68. The Kier molecular flexibility index (Phi) is 3.01. The van der Waals surface area contributed by atoms with Crippen molar-refractivity contribution in [3.8, 4) is 0 Å². The lowest BCUT2D eigenvalue weighted by Crippen LogP contribution is -2.38. The number of rotatable bonds is 3. The second-order valence-electron chi connectivity index (χ2n) is 3.44. The van der Waals surface area contributed by atoms with Crippen molar-refractivity contribution in [3.63, 3.8) is 0 Å². The van der Waals surface area contributed by atoms with Gasteiger partial charge >= 0.3 is 0 Å². The standard InChI is InChI=1S/C8H13BFN2O2/c1-9-12-8(14)6-3-4(10)2-5(6)7(11)13/h4-6H,2-3H2,1H3,(H2,11,13)(H,12,14)/t4-,5-,6-/m0/s1/i/hD. The Hall–Kier alpha value is -1.07. The van der Waals surface area contributed by atoms with Crippen molar-refractivity contribution in [1.29, 1.82) is 0 Å². The number of primary amides is 1. The molecule has 2 amide bonds. The van der Waals surface area contributed by atoms with Crippen LogP contribution in [-0.2, 0) is 9.59 Å². The number of nitrogens with one attached hydrogen (secondary N) is 1. The molecule has 1 fully saturated rings. The number of carbonyl (C=O) groups excluding carboxylic acids is 2. The smallest absolute Gasteiger partial charge is 0.242 e. The fraction of sp³-hybridized carbons (Fsp3) is 0.750. The molecule has 0 aliphatic heterocycles. The molecule has 4 nitrogen and oxygen atoms in total. The predicted octanol–water partition coefficient (Wildman–Crippen LogP) is -0.381. The molecular weight excluding hydrogens is 186 g/mol. The molecule has 14 heavy (non-hydrogen) atoms. The highest BCUT2D eigenvalue weighted by molar-refractivity contribution is 6.35. The maximum atomic E-state index is 13.1. The number of nitrogens with two attached hydrogens (primary N) is 1. The monoisotopic (exact) mass is 200 g/mol. The van der Waals surface area contributed by atoms with Gasteiger partial charge in [-0.2, -0.15) is 0 Å². The molecule has 0 bridgehead atoms. The largest absolute Gasteiger partial charge is 0.403 e. The Morgan fingerprint density at radius 2 is 2.21 bits per heavy atom. The van der Waals surface area contributed by atoms with E-state index in [2.05, 4.69) is 5.23 Å². The third-order valence-corrected chi connectivity index (χ3v) is 2.47. The zero-order valence-electron chi connectivity index (χ0n) is 8.92. The molecule has 1 aliphatic carbocycles. The van der Waals surface area contributed by atoms with Gasteiger partial charge in [-0.3, -0.25) is 9.59 Å². The van der Waals surface area contributed by atoms with Crippen LogP contribution in [0, 0.1) is 11.8 Å². The summed E-state index contributed by atoms with van der Waals surface area (Å²) in [6, 6.07) is 0. The Morgan fingerprint density at radius 3 is 2.79 bits per heavy atom. The van der Waals surface area contributed by atoms with Crippen LogP contribution in [0.4, 0.5) is 4.39 Å². The summed E-state index contributed by atoms with van der Waals surface area (Å²) >= 11 is 0. The van der Waals surface area contributed by atoms with Crippen LogP contribution in [0.1, 0.15) is 12.8 Å². The van der Waals surface area contributed by atoms with E-state index in [0.29, 0.717) is 0 Å². The van der Waals surface area contributed by atoms with Crippen molar-refractivity contribution in [2.45, 2.75) is 25.8 Å². The molecule has 1 aliphatic rings. The summed E-state index contributed by atoms with van der Waals surface area (Å²) in [6.45, 7) is 1.64. The van der Waals surface area contributed by atoms with Crippen LogP contribution in [0.5, 0.6) is 0 Å². The van der Waals surface area contributed by atoms with Gasteiger partial charge in [0.15, 0.2) is 1.41 Å². The van der Waals surface area contributed by atoms with Crippen LogP contribution < -0.4 is 11.0 Å². The van der Waals surface area contributed by atoms with Crippen molar-refractivity contribution >= 4 is 19.2 Å². The van der Waals surface area contributed by atoms with Gasteiger partial charge in [-0.25, -0.2) is 4.39 Å². The first-order chi connectivity index (χ1) is 7.10. The van der Waals surface area contributed by atoms with Crippen molar-refractivity contribution in [2.75, 3.05) is 0 Å². The molecule has 0 unspecified atom stereocenters. The highest BCUT2D eigenvalue weighted by atomic mass is 19.1. The average molecular weight is 200 g/mol. The van der Waals surface area contributed by atoms with E-state index in [1.165, 1.54) is 7.41 Å². The third kappa shape index (κ3) is 2.24. The van der Waals surface area contributed by atoms with E-state index in [1.54, 1.807) is 12.5 Å². The first kappa shape index (κ1) is 9.49. The Bertz CT molecular complexity index is 267. The van der Waals surface area contributed by atoms with Crippen molar-refractivity contribution in [3.05, 3.63) is 0 Å². The van der Waals surface area contributed by atoms with E-state index in [9.17, 15) is 14.0 Å². The molecule has 0 aromatic heterocycles. The summed E-state index contributed by atoms with van der Waals surface area (Å²) in [5, 5.41) is 2.45. The predicted molar refractivity (Wildman–Crippen MR) is 50.1 cm³/mol. The normalized spacial score (nSPS) is 31.9. The van der Waals surface area contributed by atoms with E-state index in [4.69, 9.17) is 1.41 Å². The summed E-state index contributed by atoms with van der Waals surface area (Å²) in [5.41, 5.74) is 1.71. The van der Waals surface area contributed by atoms with Crippen molar-refractivity contribution in [2.24, 2.45) is 17.6 Å². The van der Waals surface area contributed by atoms with E-state index in [1.807, 2.05) is 0 Å². The lowest BCUT2D eigenvalue weighted by molar-refractivity contribution is -0.131. The van der Waals surface area contributed by atoms with E-state index < -0.39 is 23.9 Å². The van der Waals surface area contributed by atoms with Gasteiger partial charge in [-0.05, 0) is 12.8 Å². The molecule has 3 N–H and O–H groups in total. The maximum absolute atomic E-state index is 13.1. The molecule has 1 rings (SSSR count).